The highest BCUT2D eigenvalue weighted by Crippen LogP contribution is 2.30. The maximum absolute atomic E-state index is 5.48. The largest absolute Gasteiger partial charge is 0.496 e. The van der Waals surface area contributed by atoms with Gasteiger partial charge in [0.1, 0.15) is 11.5 Å². The Kier molecular flexibility index (Phi) is 4.43. The molecule has 0 spiro atoms. The van der Waals surface area contributed by atoms with Crippen LogP contribution in [-0.2, 0) is 0 Å². The van der Waals surface area contributed by atoms with Gasteiger partial charge in [-0.25, -0.2) is 0 Å². The molecule has 118 valence electrons. The number of benzene rings is 2. The van der Waals surface area contributed by atoms with Gasteiger partial charge in [-0.05, 0) is 55.5 Å². The Bertz CT molecular complexity index is 853. The lowest BCUT2D eigenvalue weighted by molar-refractivity contribution is 0.340. The lowest BCUT2D eigenvalue weighted by Gasteiger charge is -2.11. The van der Waals surface area contributed by atoms with Gasteiger partial charge in [0, 0.05) is 0 Å². The van der Waals surface area contributed by atoms with Gasteiger partial charge in [0.05, 0.1) is 25.0 Å². The Morgan fingerprint density at radius 3 is 2.57 bits per heavy atom. The first kappa shape index (κ1) is 15.3. The van der Waals surface area contributed by atoms with Crippen LogP contribution >= 0.6 is 12.2 Å². The molecule has 0 atom stereocenters. The molecule has 1 N–H and O–H groups in total. The van der Waals surface area contributed by atoms with E-state index in [0.29, 0.717) is 17.2 Å². The van der Waals surface area contributed by atoms with Crippen LogP contribution in [0.2, 0.25) is 0 Å². The van der Waals surface area contributed by atoms with E-state index in [1.54, 1.807) is 7.11 Å². The zero-order chi connectivity index (χ0) is 16.2. The van der Waals surface area contributed by atoms with Gasteiger partial charge in [0.15, 0.2) is 10.6 Å². The van der Waals surface area contributed by atoms with Crippen molar-refractivity contribution in [3.8, 4) is 28.6 Å². The first-order chi connectivity index (χ1) is 11.2. The Balaban J connectivity index is 2.10. The molecule has 1 aromatic heterocycles. The van der Waals surface area contributed by atoms with E-state index in [1.807, 2.05) is 60.0 Å². The smallest absolute Gasteiger partial charge is 0.200 e. The van der Waals surface area contributed by atoms with Gasteiger partial charge >= 0.3 is 0 Å². The van der Waals surface area contributed by atoms with E-state index in [0.717, 1.165) is 22.7 Å². The number of H-pyrrole nitrogens is 1. The van der Waals surface area contributed by atoms with Crippen LogP contribution < -0.4 is 9.47 Å². The summed E-state index contributed by atoms with van der Waals surface area (Å²) in [5.74, 6) is 2.27. The molecule has 1 heterocycles. The number of nitrogens with zero attached hydrogens (tertiary/aromatic N) is 2. The number of aromatic amines is 1. The van der Waals surface area contributed by atoms with E-state index < -0.39 is 0 Å². The third-order valence-corrected chi connectivity index (χ3v) is 3.70. The fourth-order valence-corrected chi connectivity index (χ4v) is 2.64. The van der Waals surface area contributed by atoms with Crippen LogP contribution in [-0.4, -0.2) is 28.5 Å². The SMILES string of the molecule is CCOc1ccc(-n2c(-c3ccccc3OC)n[nH]c2=S)cc1. The summed E-state index contributed by atoms with van der Waals surface area (Å²) in [6.45, 7) is 2.59. The van der Waals surface area contributed by atoms with Crippen molar-refractivity contribution >= 4 is 12.2 Å². The van der Waals surface area contributed by atoms with Gasteiger partial charge in [-0.1, -0.05) is 12.1 Å². The second-order valence-corrected chi connectivity index (χ2v) is 5.20. The first-order valence-electron chi connectivity index (χ1n) is 7.28. The van der Waals surface area contributed by atoms with E-state index in [9.17, 15) is 0 Å². The van der Waals surface area contributed by atoms with Crippen LogP contribution in [0.5, 0.6) is 11.5 Å². The van der Waals surface area contributed by atoms with Crippen molar-refractivity contribution in [1.82, 2.24) is 14.8 Å². The number of rotatable bonds is 5. The van der Waals surface area contributed by atoms with E-state index in [-0.39, 0.29) is 0 Å². The van der Waals surface area contributed by atoms with Crippen molar-refractivity contribution in [3.05, 3.63) is 53.3 Å². The average molecular weight is 327 g/mol. The summed E-state index contributed by atoms with van der Waals surface area (Å²) in [4.78, 5) is 0. The van der Waals surface area contributed by atoms with Crippen LogP contribution in [0.25, 0.3) is 17.1 Å². The second kappa shape index (κ2) is 6.66. The molecule has 0 aliphatic rings. The maximum atomic E-state index is 5.48. The van der Waals surface area contributed by atoms with Crippen molar-refractivity contribution in [2.24, 2.45) is 0 Å². The molecule has 0 fully saturated rings. The molecule has 0 unspecified atom stereocenters. The molecule has 23 heavy (non-hydrogen) atoms. The predicted molar refractivity (Wildman–Crippen MR) is 91.9 cm³/mol. The van der Waals surface area contributed by atoms with E-state index in [2.05, 4.69) is 10.2 Å². The van der Waals surface area contributed by atoms with Crippen LogP contribution in [0, 0.1) is 4.77 Å². The minimum Gasteiger partial charge on any atom is -0.496 e. The Morgan fingerprint density at radius 2 is 1.87 bits per heavy atom. The zero-order valence-corrected chi connectivity index (χ0v) is 13.8. The molecule has 5 nitrogen and oxygen atoms in total. The number of para-hydroxylation sites is 1. The third-order valence-electron chi connectivity index (χ3n) is 3.43. The highest BCUT2D eigenvalue weighted by atomic mass is 32.1. The summed E-state index contributed by atoms with van der Waals surface area (Å²) in [5.41, 5.74) is 1.78. The number of nitrogens with one attached hydrogen (secondary N) is 1. The summed E-state index contributed by atoms with van der Waals surface area (Å²) >= 11 is 5.39. The second-order valence-electron chi connectivity index (χ2n) is 4.81. The summed E-state index contributed by atoms with van der Waals surface area (Å²) < 4.78 is 13.3. The fourth-order valence-electron chi connectivity index (χ4n) is 2.40. The Morgan fingerprint density at radius 1 is 1.13 bits per heavy atom. The number of hydrogen-bond donors (Lipinski definition) is 1. The molecule has 6 heteroatoms. The van der Waals surface area contributed by atoms with Crippen molar-refractivity contribution in [2.75, 3.05) is 13.7 Å². The average Bonchev–Trinajstić information content (AvgIpc) is 2.97. The topological polar surface area (TPSA) is 52.1 Å². The van der Waals surface area contributed by atoms with E-state index >= 15 is 0 Å². The summed E-state index contributed by atoms with van der Waals surface area (Å²) in [6.07, 6.45) is 0. The molecular formula is C17H17N3O2S. The van der Waals surface area contributed by atoms with Gasteiger partial charge < -0.3 is 9.47 Å². The molecule has 0 radical (unpaired) electrons. The Hall–Kier alpha value is -2.60. The van der Waals surface area contributed by atoms with Gasteiger partial charge in [-0.15, -0.1) is 0 Å². The number of aromatic nitrogens is 3. The van der Waals surface area contributed by atoms with Gasteiger partial charge in [-0.2, -0.15) is 5.10 Å². The van der Waals surface area contributed by atoms with Crippen LogP contribution in [0.15, 0.2) is 48.5 Å². The molecular weight excluding hydrogens is 310 g/mol. The molecule has 0 amide bonds. The monoisotopic (exact) mass is 327 g/mol. The zero-order valence-electron chi connectivity index (χ0n) is 12.9. The van der Waals surface area contributed by atoms with E-state index in [1.165, 1.54) is 0 Å². The summed E-state index contributed by atoms with van der Waals surface area (Å²) in [6, 6.07) is 15.5. The summed E-state index contributed by atoms with van der Waals surface area (Å²) in [7, 11) is 1.64. The van der Waals surface area contributed by atoms with Crippen LogP contribution in [0.1, 0.15) is 6.92 Å². The first-order valence-corrected chi connectivity index (χ1v) is 7.69. The molecule has 3 rings (SSSR count). The number of ether oxygens (including phenoxy) is 2. The normalized spacial score (nSPS) is 10.5. The third kappa shape index (κ3) is 2.98. The van der Waals surface area contributed by atoms with Crippen molar-refractivity contribution < 1.29 is 9.47 Å². The van der Waals surface area contributed by atoms with Gasteiger partial charge in [-0.3, -0.25) is 9.67 Å². The molecule has 2 aromatic carbocycles. The molecule has 0 aliphatic carbocycles. The summed E-state index contributed by atoms with van der Waals surface area (Å²) in [5, 5.41) is 7.22. The number of hydrogen-bond acceptors (Lipinski definition) is 4. The van der Waals surface area contributed by atoms with Gasteiger partial charge in [0.2, 0.25) is 0 Å². The highest BCUT2D eigenvalue weighted by Gasteiger charge is 2.14. The van der Waals surface area contributed by atoms with E-state index in [4.69, 9.17) is 21.7 Å². The quantitative estimate of drug-likeness (QED) is 0.720. The molecule has 0 bridgehead atoms. The minimum atomic E-state index is 0.523. The Labute approximate surface area is 139 Å². The van der Waals surface area contributed by atoms with Crippen LogP contribution in [0.3, 0.4) is 0 Å². The molecule has 3 aromatic rings. The lowest BCUT2D eigenvalue weighted by Crippen LogP contribution is -1.99. The lowest BCUT2D eigenvalue weighted by atomic mass is 10.2. The predicted octanol–water partition coefficient (Wildman–Crippen LogP) is 4.00. The standard InChI is InChI=1S/C17H17N3O2S/c1-3-22-13-10-8-12(9-11-13)20-16(18-19-17(20)23)14-6-4-5-7-15(14)21-2/h4-11H,3H2,1-2H3,(H,19,23). The molecule has 0 saturated heterocycles. The van der Waals surface area contributed by atoms with Crippen molar-refractivity contribution in [2.45, 2.75) is 6.92 Å². The van der Waals surface area contributed by atoms with Crippen molar-refractivity contribution in [3.63, 3.8) is 0 Å². The van der Waals surface area contributed by atoms with Crippen LogP contribution in [0.4, 0.5) is 0 Å². The molecule has 0 aliphatic heterocycles. The molecule has 0 saturated carbocycles. The highest BCUT2D eigenvalue weighted by molar-refractivity contribution is 7.71. The van der Waals surface area contributed by atoms with Crippen molar-refractivity contribution in [1.29, 1.82) is 0 Å². The number of methoxy groups -OCH3 is 1. The fraction of sp³-hybridized carbons (Fsp3) is 0.176. The maximum Gasteiger partial charge on any atom is 0.200 e. The van der Waals surface area contributed by atoms with Gasteiger partial charge in [0.25, 0.3) is 0 Å². The minimum absolute atomic E-state index is 0.523.